The summed E-state index contributed by atoms with van der Waals surface area (Å²) in [4.78, 5) is 34.3. The van der Waals surface area contributed by atoms with Crippen LogP contribution >= 0.6 is 0 Å². The van der Waals surface area contributed by atoms with E-state index in [-0.39, 0.29) is 24.1 Å². The van der Waals surface area contributed by atoms with Gasteiger partial charge in [-0.05, 0) is 31.7 Å². The first-order chi connectivity index (χ1) is 12.1. The second kappa shape index (κ2) is 6.19. The Morgan fingerprint density at radius 3 is 3.08 bits per heavy atom. The summed E-state index contributed by atoms with van der Waals surface area (Å²) in [5, 5.41) is 4.19. The van der Waals surface area contributed by atoms with Crippen molar-refractivity contribution in [1.82, 2.24) is 29.0 Å². The minimum Gasteiger partial charge on any atom is -0.333 e. The van der Waals surface area contributed by atoms with Crippen molar-refractivity contribution in [3.05, 3.63) is 52.5 Å². The van der Waals surface area contributed by atoms with Crippen LogP contribution in [-0.2, 0) is 11.3 Å². The SMILES string of the molecule is Cc1cnn(CC(=O)N2CCCC[C@@H]2c2cc(=O)n3ccnc3[nH]2)c1. The van der Waals surface area contributed by atoms with E-state index in [1.807, 2.05) is 18.0 Å². The largest absolute Gasteiger partial charge is 0.333 e. The smallest absolute Gasteiger partial charge is 0.259 e. The Morgan fingerprint density at radius 1 is 1.40 bits per heavy atom. The molecular weight excluding hydrogens is 320 g/mol. The lowest BCUT2D eigenvalue weighted by molar-refractivity contribution is -0.136. The number of piperidine rings is 1. The van der Waals surface area contributed by atoms with Crippen molar-refractivity contribution >= 4 is 11.7 Å². The lowest BCUT2D eigenvalue weighted by Crippen LogP contribution is -2.41. The van der Waals surface area contributed by atoms with Crippen molar-refractivity contribution in [2.24, 2.45) is 0 Å². The fourth-order valence-corrected chi connectivity index (χ4v) is 3.46. The van der Waals surface area contributed by atoms with E-state index in [0.29, 0.717) is 12.3 Å². The van der Waals surface area contributed by atoms with Gasteiger partial charge in [0.25, 0.3) is 5.56 Å². The standard InChI is InChI=1S/C17H20N6O2/c1-12-9-19-21(10-12)11-16(25)22-6-3-2-4-14(22)13-8-15(24)23-7-5-18-17(23)20-13/h5,7-10,14H,2-4,6,11H2,1H3,(H,18,20)/t14-/m1/s1. The van der Waals surface area contributed by atoms with Gasteiger partial charge in [0, 0.05) is 36.9 Å². The summed E-state index contributed by atoms with van der Waals surface area (Å²) in [6, 6.07) is 1.44. The molecule has 0 spiro atoms. The van der Waals surface area contributed by atoms with Crippen molar-refractivity contribution < 1.29 is 4.79 Å². The summed E-state index contributed by atoms with van der Waals surface area (Å²) in [6.45, 7) is 2.84. The maximum Gasteiger partial charge on any atom is 0.259 e. The number of nitrogens with zero attached hydrogens (tertiary/aromatic N) is 5. The third-order valence-electron chi connectivity index (χ3n) is 4.66. The number of H-pyrrole nitrogens is 1. The highest BCUT2D eigenvalue weighted by molar-refractivity contribution is 5.76. The van der Waals surface area contributed by atoms with E-state index < -0.39 is 0 Å². The molecule has 1 N–H and O–H groups in total. The molecule has 1 aliphatic rings. The van der Waals surface area contributed by atoms with Gasteiger partial charge in [-0.3, -0.25) is 18.7 Å². The molecule has 4 heterocycles. The zero-order valence-electron chi connectivity index (χ0n) is 14.1. The molecule has 3 aromatic heterocycles. The number of nitrogens with one attached hydrogen (secondary N) is 1. The number of carbonyl (C=O) groups excluding carboxylic acids is 1. The normalized spacial score (nSPS) is 18.0. The molecule has 1 atom stereocenters. The average molecular weight is 340 g/mol. The van der Waals surface area contributed by atoms with Crippen LogP contribution in [-0.4, -0.2) is 41.5 Å². The zero-order chi connectivity index (χ0) is 17.4. The lowest BCUT2D eigenvalue weighted by atomic mass is 9.99. The topological polar surface area (TPSA) is 88.3 Å². The van der Waals surface area contributed by atoms with Gasteiger partial charge in [0.2, 0.25) is 11.7 Å². The molecule has 25 heavy (non-hydrogen) atoms. The van der Waals surface area contributed by atoms with Gasteiger partial charge in [-0.2, -0.15) is 5.10 Å². The molecule has 0 bridgehead atoms. The van der Waals surface area contributed by atoms with Crippen LogP contribution in [0.25, 0.3) is 5.78 Å². The summed E-state index contributed by atoms with van der Waals surface area (Å²) in [6.07, 6.45) is 9.63. The van der Waals surface area contributed by atoms with Crippen LogP contribution in [0.15, 0.2) is 35.6 Å². The Hall–Kier alpha value is -2.90. The van der Waals surface area contributed by atoms with Gasteiger partial charge in [0.1, 0.15) is 6.54 Å². The predicted molar refractivity (Wildman–Crippen MR) is 91.1 cm³/mol. The molecule has 0 aromatic carbocycles. The summed E-state index contributed by atoms with van der Waals surface area (Å²) >= 11 is 0. The van der Waals surface area contributed by atoms with Gasteiger partial charge in [-0.25, -0.2) is 4.98 Å². The summed E-state index contributed by atoms with van der Waals surface area (Å²) in [5.74, 6) is 0.514. The monoisotopic (exact) mass is 340 g/mol. The Balaban J connectivity index is 1.63. The van der Waals surface area contributed by atoms with Crippen LogP contribution in [0.4, 0.5) is 0 Å². The van der Waals surface area contributed by atoms with Crippen LogP contribution in [0, 0.1) is 6.92 Å². The molecule has 0 aliphatic carbocycles. The minimum absolute atomic E-state index is 0.0110. The molecule has 3 aromatic rings. The number of imidazole rings is 1. The fraction of sp³-hybridized carbons (Fsp3) is 0.412. The number of fused-ring (bicyclic) bond motifs is 1. The first-order valence-electron chi connectivity index (χ1n) is 8.46. The number of hydrogen-bond donors (Lipinski definition) is 1. The molecule has 8 heteroatoms. The van der Waals surface area contributed by atoms with E-state index in [1.54, 1.807) is 29.3 Å². The molecule has 1 amide bonds. The number of likely N-dealkylation sites (tertiary alicyclic amines) is 1. The van der Waals surface area contributed by atoms with Gasteiger partial charge in [-0.1, -0.05) is 0 Å². The van der Waals surface area contributed by atoms with E-state index >= 15 is 0 Å². The van der Waals surface area contributed by atoms with Crippen LogP contribution in [0.3, 0.4) is 0 Å². The Bertz CT molecular complexity index is 969. The molecule has 1 aliphatic heterocycles. The fourth-order valence-electron chi connectivity index (χ4n) is 3.46. The molecular formula is C17H20N6O2. The number of amides is 1. The highest BCUT2D eigenvalue weighted by atomic mass is 16.2. The molecule has 0 unspecified atom stereocenters. The molecule has 4 rings (SSSR count). The second-order valence-electron chi connectivity index (χ2n) is 6.50. The second-order valence-corrected chi connectivity index (χ2v) is 6.50. The quantitative estimate of drug-likeness (QED) is 0.778. The number of carbonyl (C=O) groups is 1. The number of rotatable bonds is 3. The van der Waals surface area contributed by atoms with Crippen LogP contribution in [0.2, 0.25) is 0 Å². The van der Waals surface area contributed by atoms with Crippen molar-refractivity contribution in [3.63, 3.8) is 0 Å². The molecule has 0 radical (unpaired) electrons. The van der Waals surface area contributed by atoms with Crippen molar-refractivity contribution in [1.29, 1.82) is 0 Å². The summed E-state index contributed by atoms with van der Waals surface area (Å²) < 4.78 is 3.12. The van der Waals surface area contributed by atoms with Crippen molar-refractivity contribution in [2.45, 2.75) is 38.8 Å². The Morgan fingerprint density at radius 2 is 2.28 bits per heavy atom. The molecule has 1 fully saturated rings. The molecule has 1 saturated heterocycles. The number of aromatic amines is 1. The van der Waals surface area contributed by atoms with Gasteiger partial charge < -0.3 is 9.88 Å². The van der Waals surface area contributed by atoms with Gasteiger partial charge in [0.15, 0.2) is 0 Å². The van der Waals surface area contributed by atoms with Crippen LogP contribution < -0.4 is 5.56 Å². The first kappa shape index (κ1) is 15.6. The lowest BCUT2D eigenvalue weighted by Gasteiger charge is -2.35. The van der Waals surface area contributed by atoms with E-state index in [2.05, 4.69) is 15.1 Å². The van der Waals surface area contributed by atoms with E-state index in [4.69, 9.17) is 0 Å². The van der Waals surface area contributed by atoms with Gasteiger partial charge in [-0.15, -0.1) is 0 Å². The van der Waals surface area contributed by atoms with E-state index in [1.165, 1.54) is 4.40 Å². The number of aryl methyl sites for hydroxylation is 1. The number of hydrogen-bond acceptors (Lipinski definition) is 4. The van der Waals surface area contributed by atoms with E-state index in [9.17, 15) is 9.59 Å². The van der Waals surface area contributed by atoms with Crippen molar-refractivity contribution in [2.75, 3.05) is 6.54 Å². The van der Waals surface area contributed by atoms with E-state index in [0.717, 1.165) is 30.5 Å². The molecule has 8 nitrogen and oxygen atoms in total. The summed E-state index contributed by atoms with van der Waals surface area (Å²) in [5.41, 5.74) is 1.63. The Labute approximate surface area is 144 Å². The first-order valence-corrected chi connectivity index (χ1v) is 8.46. The highest BCUT2D eigenvalue weighted by Crippen LogP contribution is 2.29. The average Bonchev–Trinajstić information content (AvgIpc) is 3.24. The maximum absolute atomic E-state index is 12.8. The third kappa shape index (κ3) is 2.95. The van der Waals surface area contributed by atoms with Crippen LogP contribution in [0.5, 0.6) is 0 Å². The van der Waals surface area contributed by atoms with Crippen LogP contribution in [0.1, 0.15) is 36.6 Å². The van der Waals surface area contributed by atoms with Crippen molar-refractivity contribution in [3.8, 4) is 0 Å². The zero-order valence-corrected chi connectivity index (χ0v) is 14.1. The Kier molecular flexibility index (Phi) is 3.87. The predicted octanol–water partition coefficient (Wildman–Crippen LogP) is 1.28. The van der Waals surface area contributed by atoms with Gasteiger partial charge in [0.05, 0.1) is 12.2 Å². The van der Waals surface area contributed by atoms with Gasteiger partial charge >= 0.3 is 0 Å². The molecule has 130 valence electrons. The summed E-state index contributed by atoms with van der Waals surface area (Å²) in [7, 11) is 0. The number of aromatic nitrogens is 5. The third-order valence-corrected chi connectivity index (χ3v) is 4.66. The minimum atomic E-state index is -0.137. The highest BCUT2D eigenvalue weighted by Gasteiger charge is 2.29. The molecule has 0 saturated carbocycles. The maximum atomic E-state index is 12.8.